The van der Waals surface area contributed by atoms with Crippen molar-refractivity contribution in [3.05, 3.63) is 97.2 Å². The van der Waals surface area contributed by atoms with Crippen LogP contribution < -0.4 is 10.2 Å². The maximum atomic E-state index is 12.7. The lowest BCUT2D eigenvalue weighted by atomic mass is 10.1. The normalized spacial score (nSPS) is 16.0. The average Bonchev–Trinajstić information content (AvgIpc) is 3.01. The van der Waals surface area contributed by atoms with Gasteiger partial charge in [0.05, 0.1) is 39.9 Å². The summed E-state index contributed by atoms with van der Waals surface area (Å²) in [6.45, 7) is 4.23. The smallest absolute Gasteiger partial charge is 0.268 e. The molecule has 3 atom stereocenters. The lowest BCUT2D eigenvalue weighted by Crippen LogP contribution is -2.45. The summed E-state index contributed by atoms with van der Waals surface area (Å²) < 4.78 is 22.9. The van der Waals surface area contributed by atoms with Crippen LogP contribution in [0.25, 0.3) is 0 Å². The third-order valence-electron chi connectivity index (χ3n) is 6.55. The Balaban J connectivity index is 4.84. The first-order chi connectivity index (χ1) is 22.5. The molecule has 0 spiro atoms. The second kappa shape index (κ2) is 29.6. The molecule has 0 aliphatic carbocycles. The zero-order valence-corrected chi connectivity index (χ0v) is 30.6. The Morgan fingerprint density at radius 1 is 0.723 bits per heavy atom. The van der Waals surface area contributed by atoms with Crippen molar-refractivity contribution in [3.8, 4) is 0 Å². The van der Waals surface area contributed by atoms with E-state index in [1.165, 1.54) is 0 Å². The van der Waals surface area contributed by atoms with E-state index in [4.69, 9.17) is 9.05 Å². The average molecular weight is 675 g/mol. The Morgan fingerprint density at radius 3 is 1.68 bits per heavy atom. The van der Waals surface area contributed by atoms with Crippen LogP contribution in [0.1, 0.15) is 84.5 Å². The molecule has 3 unspecified atom stereocenters. The van der Waals surface area contributed by atoms with E-state index in [1.807, 2.05) is 39.4 Å². The molecule has 266 valence electrons. The molecule has 8 nitrogen and oxygen atoms in total. The van der Waals surface area contributed by atoms with Crippen molar-refractivity contribution >= 4 is 13.7 Å². The molecule has 2 N–H and O–H groups in total. The van der Waals surface area contributed by atoms with E-state index >= 15 is 0 Å². The molecule has 0 fully saturated rings. The number of aliphatic hydroxyl groups excluding tert-OH is 1. The number of unbranched alkanes of at least 4 members (excludes halogenated alkanes) is 2. The van der Waals surface area contributed by atoms with Crippen LogP contribution in [0.2, 0.25) is 0 Å². The van der Waals surface area contributed by atoms with E-state index in [2.05, 4.69) is 86.0 Å². The number of amides is 1. The van der Waals surface area contributed by atoms with Gasteiger partial charge in [-0.25, -0.2) is 0 Å². The lowest BCUT2D eigenvalue weighted by molar-refractivity contribution is -0.870. The molecule has 0 aliphatic heterocycles. The van der Waals surface area contributed by atoms with Crippen LogP contribution in [-0.4, -0.2) is 68.5 Å². The summed E-state index contributed by atoms with van der Waals surface area (Å²) in [6, 6.07) is -0.966. The van der Waals surface area contributed by atoms with Gasteiger partial charge in [0.2, 0.25) is 5.91 Å². The third kappa shape index (κ3) is 31.8. The molecule has 0 saturated heterocycles. The van der Waals surface area contributed by atoms with Crippen LogP contribution in [0.5, 0.6) is 0 Å². The number of hydrogen-bond donors (Lipinski definition) is 2. The Kier molecular flexibility index (Phi) is 27.9. The predicted molar refractivity (Wildman–Crippen MR) is 196 cm³/mol. The van der Waals surface area contributed by atoms with Crippen molar-refractivity contribution in [2.45, 2.75) is 96.6 Å². The highest BCUT2D eigenvalue weighted by molar-refractivity contribution is 7.45. The van der Waals surface area contributed by atoms with E-state index in [0.717, 1.165) is 51.4 Å². The molecular weight excluding hydrogens is 611 g/mol. The number of likely N-dealkylation sites (N-methyl/N-ethyl adjacent to an activating group) is 1. The fourth-order valence-corrected chi connectivity index (χ4v) is 4.57. The van der Waals surface area contributed by atoms with Crippen LogP contribution in [0.4, 0.5) is 0 Å². The molecule has 0 aromatic heterocycles. The van der Waals surface area contributed by atoms with Crippen molar-refractivity contribution in [1.82, 2.24) is 5.32 Å². The van der Waals surface area contributed by atoms with Crippen LogP contribution in [0.15, 0.2) is 97.2 Å². The van der Waals surface area contributed by atoms with Gasteiger partial charge < -0.3 is 28.8 Å². The predicted octanol–water partition coefficient (Wildman–Crippen LogP) is 7.82. The summed E-state index contributed by atoms with van der Waals surface area (Å²) in [6.07, 6.45) is 40.7. The van der Waals surface area contributed by atoms with Crippen molar-refractivity contribution in [1.29, 1.82) is 0 Å². The molecule has 0 aromatic carbocycles. The summed E-state index contributed by atoms with van der Waals surface area (Å²) in [5, 5.41) is 13.5. The first-order valence-corrected chi connectivity index (χ1v) is 18.6. The highest BCUT2D eigenvalue weighted by atomic mass is 31.2. The lowest BCUT2D eigenvalue weighted by Gasteiger charge is -2.29. The van der Waals surface area contributed by atoms with Crippen LogP contribution >= 0.6 is 7.82 Å². The number of carbonyl (C=O) groups is 1. The minimum atomic E-state index is -4.62. The van der Waals surface area contributed by atoms with Crippen LogP contribution in [0, 0.1) is 0 Å². The first kappa shape index (κ1) is 44.4. The topological polar surface area (TPSA) is 108 Å². The van der Waals surface area contributed by atoms with Crippen molar-refractivity contribution < 1.29 is 32.9 Å². The molecule has 0 aromatic rings. The Hall–Kier alpha value is -2.58. The summed E-state index contributed by atoms with van der Waals surface area (Å²) in [5.41, 5.74) is 0. The number of carbonyl (C=O) groups excluding carboxylic acids is 1. The molecule has 9 heteroatoms. The first-order valence-electron chi connectivity index (χ1n) is 17.1. The third-order valence-corrected chi connectivity index (χ3v) is 7.51. The van der Waals surface area contributed by atoms with Gasteiger partial charge in [-0.15, -0.1) is 0 Å². The standard InChI is InChI=1S/C38H63N2O6P/c1-6-8-10-12-14-16-18-19-20-21-22-24-26-28-30-32-38(42)39-36(35-46-47(43,44)45-34-33-40(3,4)5)37(41)31-29-27-25-23-17-15-13-11-9-7-2/h8-11,14,16-17,19-20,22-24,28-31,36-37,41H,6-7,12-13,15,18,21,25-27,32-35H2,1-5H3,(H-,39,42,43,44)/b10-8-,11-9+,16-14-,20-19-,23-17+,24-22-,30-28-,31-29+. The summed E-state index contributed by atoms with van der Waals surface area (Å²) in [4.78, 5) is 25.0. The van der Waals surface area contributed by atoms with Gasteiger partial charge in [-0.2, -0.15) is 0 Å². The number of hydrogen-bond acceptors (Lipinski definition) is 6. The van der Waals surface area contributed by atoms with E-state index in [0.29, 0.717) is 23.9 Å². The number of nitrogens with one attached hydrogen (secondary N) is 1. The second-order valence-corrected chi connectivity index (χ2v) is 13.5. The van der Waals surface area contributed by atoms with Gasteiger partial charge >= 0.3 is 0 Å². The number of allylic oxidation sites excluding steroid dienone is 14. The highest BCUT2D eigenvalue weighted by Gasteiger charge is 2.22. The zero-order valence-electron chi connectivity index (χ0n) is 29.7. The van der Waals surface area contributed by atoms with Crippen molar-refractivity contribution in [2.75, 3.05) is 40.9 Å². The molecule has 1 amide bonds. The molecule has 47 heavy (non-hydrogen) atoms. The van der Waals surface area contributed by atoms with Crippen LogP contribution in [0.3, 0.4) is 0 Å². The number of phosphoric acid groups is 1. The minimum absolute atomic E-state index is 0.0315. The number of nitrogens with zero attached hydrogens (tertiary/aromatic N) is 1. The largest absolute Gasteiger partial charge is 0.756 e. The van der Waals surface area contributed by atoms with E-state index in [-0.39, 0.29) is 18.9 Å². The van der Waals surface area contributed by atoms with Crippen molar-refractivity contribution in [2.24, 2.45) is 0 Å². The summed E-state index contributed by atoms with van der Waals surface area (Å²) in [5.74, 6) is -0.348. The Morgan fingerprint density at radius 2 is 1.17 bits per heavy atom. The van der Waals surface area contributed by atoms with Crippen LogP contribution in [-0.2, 0) is 18.4 Å². The summed E-state index contributed by atoms with van der Waals surface area (Å²) in [7, 11) is 1.15. The van der Waals surface area contributed by atoms with Gasteiger partial charge in [-0.3, -0.25) is 9.36 Å². The monoisotopic (exact) mass is 674 g/mol. The van der Waals surface area contributed by atoms with Gasteiger partial charge in [0.15, 0.2) is 0 Å². The zero-order chi connectivity index (χ0) is 35.1. The Bertz CT molecular complexity index is 1080. The SMILES string of the molecule is CC/C=C\C/C=C\C/C=C\C/C=C\C/C=C\CC(=O)NC(COP(=O)([O-])OCC[N+](C)(C)C)C(O)/C=C/CC/C=C/CC/C=C/CC. The van der Waals surface area contributed by atoms with Gasteiger partial charge in [-0.05, 0) is 64.2 Å². The molecule has 0 radical (unpaired) electrons. The molecule has 0 rings (SSSR count). The number of phosphoric ester groups is 1. The molecule has 0 bridgehead atoms. The van der Waals surface area contributed by atoms with Gasteiger partial charge in [0, 0.05) is 6.42 Å². The number of rotatable bonds is 28. The minimum Gasteiger partial charge on any atom is -0.756 e. The van der Waals surface area contributed by atoms with E-state index < -0.39 is 26.6 Å². The van der Waals surface area contributed by atoms with Gasteiger partial charge in [0.1, 0.15) is 13.2 Å². The maximum absolute atomic E-state index is 12.7. The highest BCUT2D eigenvalue weighted by Crippen LogP contribution is 2.38. The Labute approximate surface area is 286 Å². The van der Waals surface area contributed by atoms with Gasteiger partial charge in [0.25, 0.3) is 7.82 Å². The molecule has 0 saturated carbocycles. The molecular formula is C38H63N2O6P. The fourth-order valence-electron chi connectivity index (χ4n) is 3.84. The quantitative estimate of drug-likeness (QED) is 0.0379. The number of quaternary nitrogens is 1. The summed E-state index contributed by atoms with van der Waals surface area (Å²) >= 11 is 0. The molecule has 0 aliphatic rings. The fraction of sp³-hybridized carbons (Fsp3) is 0.553. The maximum Gasteiger partial charge on any atom is 0.268 e. The van der Waals surface area contributed by atoms with Crippen molar-refractivity contribution in [3.63, 3.8) is 0 Å². The molecule has 0 heterocycles. The van der Waals surface area contributed by atoms with E-state index in [9.17, 15) is 19.4 Å². The second-order valence-electron chi connectivity index (χ2n) is 12.1. The number of aliphatic hydroxyl groups is 1. The van der Waals surface area contributed by atoms with Gasteiger partial charge in [-0.1, -0.05) is 111 Å². The van der Waals surface area contributed by atoms with E-state index in [1.54, 1.807) is 12.2 Å².